The summed E-state index contributed by atoms with van der Waals surface area (Å²) in [6.45, 7) is 15.8. The summed E-state index contributed by atoms with van der Waals surface area (Å²) in [4.78, 5) is 15.5. The standard InChI is InChI=1S/C33H67NO2/c1-6-9-12-14-15-19-26-32(25-18-13-10-7-2)33(35)36-30-23-17-16-21-28-34(27-11-8-3)29-22-20-24-31(4)5/h31-32H,6-30H2,1-5H3. The highest BCUT2D eigenvalue weighted by molar-refractivity contribution is 5.72. The van der Waals surface area contributed by atoms with Crippen LogP contribution in [-0.2, 0) is 9.53 Å². The maximum absolute atomic E-state index is 12.8. The smallest absolute Gasteiger partial charge is 0.308 e. The van der Waals surface area contributed by atoms with Crippen molar-refractivity contribution in [3.05, 3.63) is 0 Å². The van der Waals surface area contributed by atoms with Gasteiger partial charge in [-0.25, -0.2) is 0 Å². The maximum Gasteiger partial charge on any atom is 0.308 e. The number of carbonyl (C=O) groups is 1. The molecule has 0 amide bonds. The second-order valence-electron chi connectivity index (χ2n) is 11.8. The van der Waals surface area contributed by atoms with Crippen LogP contribution in [0.3, 0.4) is 0 Å². The van der Waals surface area contributed by atoms with E-state index in [0.717, 1.165) is 25.2 Å². The van der Waals surface area contributed by atoms with Gasteiger partial charge in [-0.1, -0.05) is 131 Å². The average molecular weight is 510 g/mol. The second-order valence-corrected chi connectivity index (χ2v) is 11.8. The van der Waals surface area contributed by atoms with Gasteiger partial charge >= 0.3 is 5.97 Å². The van der Waals surface area contributed by atoms with Gasteiger partial charge in [-0.3, -0.25) is 4.79 Å². The third kappa shape index (κ3) is 23.8. The van der Waals surface area contributed by atoms with Crippen molar-refractivity contribution in [3.8, 4) is 0 Å². The monoisotopic (exact) mass is 510 g/mol. The number of hydrogen-bond donors (Lipinski definition) is 0. The molecule has 0 saturated heterocycles. The normalized spacial score (nSPS) is 12.5. The third-order valence-electron chi connectivity index (χ3n) is 7.59. The van der Waals surface area contributed by atoms with E-state index < -0.39 is 0 Å². The Balaban J connectivity index is 4.10. The first-order chi connectivity index (χ1) is 17.5. The summed E-state index contributed by atoms with van der Waals surface area (Å²) >= 11 is 0. The Kier molecular flexibility index (Phi) is 27.0. The zero-order valence-corrected chi connectivity index (χ0v) is 25.6. The summed E-state index contributed by atoms with van der Waals surface area (Å²) in [7, 11) is 0. The van der Waals surface area contributed by atoms with Crippen LogP contribution < -0.4 is 0 Å². The fourth-order valence-corrected chi connectivity index (χ4v) is 5.06. The Morgan fingerprint density at radius 1 is 0.556 bits per heavy atom. The van der Waals surface area contributed by atoms with E-state index in [4.69, 9.17) is 4.74 Å². The molecule has 0 aliphatic rings. The van der Waals surface area contributed by atoms with Crippen molar-refractivity contribution in [2.45, 2.75) is 169 Å². The third-order valence-corrected chi connectivity index (χ3v) is 7.59. The van der Waals surface area contributed by atoms with Gasteiger partial charge in [0.1, 0.15) is 0 Å². The number of rotatable bonds is 28. The topological polar surface area (TPSA) is 29.5 Å². The summed E-state index contributed by atoms with van der Waals surface area (Å²) < 4.78 is 5.77. The summed E-state index contributed by atoms with van der Waals surface area (Å²) in [6.07, 6.45) is 26.2. The molecule has 0 saturated carbocycles. The lowest BCUT2D eigenvalue weighted by Crippen LogP contribution is -2.27. The molecule has 0 aromatic carbocycles. The predicted molar refractivity (Wildman–Crippen MR) is 160 cm³/mol. The molecule has 3 nitrogen and oxygen atoms in total. The zero-order valence-electron chi connectivity index (χ0n) is 25.6. The molecule has 1 atom stereocenters. The Morgan fingerprint density at radius 3 is 1.61 bits per heavy atom. The lowest BCUT2D eigenvalue weighted by molar-refractivity contribution is -0.149. The largest absolute Gasteiger partial charge is 0.465 e. The first-order valence-electron chi connectivity index (χ1n) is 16.4. The molecule has 0 rings (SSSR count). The quantitative estimate of drug-likeness (QED) is 0.0775. The molecule has 0 aromatic heterocycles. The second kappa shape index (κ2) is 27.5. The van der Waals surface area contributed by atoms with Crippen molar-refractivity contribution in [1.82, 2.24) is 4.90 Å². The molecule has 0 aromatic rings. The van der Waals surface area contributed by atoms with Gasteiger partial charge in [0.2, 0.25) is 0 Å². The van der Waals surface area contributed by atoms with Crippen LogP contribution in [0.5, 0.6) is 0 Å². The number of esters is 1. The lowest BCUT2D eigenvalue weighted by atomic mass is 9.94. The Morgan fingerprint density at radius 2 is 1.00 bits per heavy atom. The minimum atomic E-state index is 0.0900. The van der Waals surface area contributed by atoms with Crippen molar-refractivity contribution in [2.75, 3.05) is 26.2 Å². The van der Waals surface area contributed by atoms with Crippen LogP contribution in [0.4, 0.5) is 0 Å². The molecular formula is C33H67NO2. The Hall–Kier alpha value is -0.570. The van der Waals surface area contributed by atoms with Crippen LogP contribution in [0.2, 0.25) is 0 Å². The molecule has 0 radical (unpaired) electrons. The molecule has 0 N–H and O–H groups in total. The van der Waals surface area contributed by atoms with Crippen LogP contribution in [0, 0.1) is 11.8 Å². The van der Waals surface area contributed by atoms with Crippen molar-refractivity contribution < 1.29 is 9.53 Å². The molecule has 36 heavy (non-hydrogen) atoms. The van der Waals surface area contributed by atoms with Gasteiger partial charge in [0, 0.05) is 0 Å². The minimum absolute atomic E-state index is 0.0900. The number of unbranched alkanes of at least 4 members (excludes halogenated alkanes) is 13. The lowest BCUT2D eigenvalue weighted by Gasteiger charge is -2.22. The van der Waals surface area contributed by atoms with E-state index in [2.05, 4.69) is 39.5 Å². The summed E-state index contributed by atoms with van der Waals surface area (Å²) in [5.74, 6) is 1.05. The Bertz CT molecular complexity index is 451. The van der Waals surface area contributed by atoms with E-state index >= 15 is 0 Å². The number of nitrogens with zero attached hydrogens (tertiary/aromatic N) is 1. The van der Waals surface area contributed by atoms with Crippen LogP contribution >= 0.6 is 0 Å². The summed E-state index contributed by atoms with van der Waals surface area (Å²) in [5, 5.41) is 0. The van der Waals surface area contributed by atoms with E-state index in [9.17, 15) is 4.79 Å². The fourth-order valence-electron chi connectivity index (χ4n) is 5.06. The van der Waals surface area contributed by atoms with Crippen LogP contribution in [0.1, 0.15) is 169 Å². The van der Waals surface area contributed by atoms with E-state index in [1.165, 1.54) is 135 Å². The van der Waals surface area contributed by atoms with Crippen LogP contribution in [0.15, 0.2) is 0 Å². The number of ether oxygens (including phenoxy) is 1. The number of carbonyl (C=O) groups excluding carboxylic acids is 1. The highest BCUT2D eigenvalue weighted by Gasteiger charge is 2.19. The van der Waals surface area contributed by atoms with E-state index in [1.54, 1.807) is 0 Å². The highest BCUT2D eigenvalue weighted by Crippen LogP contribution is 2.21. The first-order valence-corrected chi connectivity index (χ1v) is 16.4. The molecule has 0 heterocycles. The van der Waals surface area contributed by atoms with Gasteiger partial charge < -0.3 is 9.64 Å². The SMILES string of the molecule is CCCCCCCCC(CCCCCC)C(=O)OCCCCCCN(CCCC)CCCCC(C)C. The molecule has 0 aliphatic carbocycles. The van der Waals surface area contributed by atoms with E-state index in [0.29, 0.717) is 6.61 Å². The summed E-state index contributed by atoms with van der Waals surface area (Å²) in [6, 6.07) is 0. The van der Waals surface area contributed by atoms with Gasteiger partial charge in [-0.05, 0) is 64.1 Å². The van der Waals surface area contributed by atoms with Gasteiger partial charge in [0.15, 0.2) is 0 Å². The van der Waals surface area contributed by atoms with Gasteiger partial charge in [0.25, 0.3) is 0 Å². The summed E-state index contributed by atoms with van der Waals surface area (Å²) in [5.41, 5.74) is 0. The highest BCUT2D eigenvalue weighted by atomic mass is 16.5. The van der Waals surface area contributed by atoms with Crippen molar-refractivity contribution >= 4 is 5.97 Å². The maximum atomic E-state index is 12.8. The van der Waals surface area contributed by atoms with E-state index in [-0.39, 0.29) is 11.9 Å². The van der Waals surface area contributed by atoms with Crippen molar-refractivity contribution in [3.63, 3.8) is 0 Å². The van der Waals surface area contributed by atoms with Gasteiger partial charge in [0.05, 0.1) is 12.5 Å². The van der Waals surface area contributed by atoms with Crippen molar-refractivity contribution in [1.29, 1.82) is 0 Å². The average Bonchev–Trinajstić information content (AvgIpc) is 2.86. The molecular weight excluding hydrogens is 442 g/mol. The molecule has 0 fully saturated rings. The molecule has 1 unspecified atom stereocenters. The van der Waals surface area contributed by atoms with Crippen LogP contribution in [-0.4, -0.2) is 37.1 Å². The minimum Gasteiger partial charge on any atom is -0.465 e. The Labute approximate surface area is 227 Å². The fraction of sp³-hybridized carbons (Fsp3) is 0.970. The van der Waals surface area contributed by atoms with E-state index in [1.807, 2.05) is 0 Å². The predicted octanol–water partition coefficient (Wildman–Crippen LogP) is 10.4. The van der Waals surface area contributed by atoms with Gasteiger partial charge in [-0.2, -0.15) is 0 Å². The molecule has 0 bridgehead atoms. The zero-order chi connectivity index (χ0) is 26.7. The van der Waals surface area contributed by atoms with Gasteiger partial charge in [-0.15, -0.1) is 0 Å². The molecule has 3 heteroatoms. The molecule has 0 spiro atoms. The molecule has 0 aliphatic heterocycles. The van der Waals surface area contributed by atoms with Crippen LogP contribution in [0.25, 0.3) is 0 Å². The van der Waals surface area contributed by atoms with Crippen molar-refractivity contribution in [2.24, 2.45) is 11.8 Å². The number of hydrogen-bond acceptors (Lipinski definition) is 3. The first kappa shape index (κ1) is 35.4. The molecule has 216 valence electrons.